The zero-order valence-electron chi connectivity index (χ0n) is 17.0. The van der Waals surface area contributed by atoms with Gasteiger partial charge < -0.3 is 19.3 Å². The van der Waals surface area contributed by atoms with Crippen molar-refractivity contribution in [1.29, 1.82) is 0 Å². The summed E-state index contributed by atoms with van der Waals surface area (Å²) in [5, 5.41) is 11.3. The lowest BCUT2D eigenvalue weighted by atomic mass is 10.1. The lowest BCUT2D eigenvalue weighted by Gasteiger charge is -2.13. The van der Waals surface area contributed by atoms with E-state index < -0.39 is 0 Å². The minimum absolute atomic E-state index is 0.0172. The van der Waals surface area contributed by atoms with Crippen LogP contribution >= 0.6 is 0 Å². The molecule has 0 aliphatic heterocycles. The van der Waals surface area contributed by atoms with Gasteiger partial charge in [-0.2, -0.15) is 4.98 Å². The van der Waals surface area contributed by atoms with E-state index in [1.165, 1.54) is 7.11 Å². The van der Waals surface area contributed by atoms with E-state index in [1.807, 2.05) is 62.4 Å². The molecular formula is C24H22N2O4. The van der Waals surface area contributed by atoms with Crippen LogP contribution in [0.3, 0.4) is 0 Å². The molecule has 0 aliphatic rings. The van der Waals surface area contributed by atoms with E-state index in [-0.39, 0.29) is 11.9 Å². The molecule has 0 saturated carbocycles. The number of nitrogens with zero attached hydrogens (tertiary/aromatic N) is 2. The minimum atomic E-state index is -0.0172. The van der Waals surface area contributed by atoms with Gasteiger partial charge in [0.2, 0.25) is 5.88 Å². The lowest BCUT2D eigenvalue weighted by molar-refractivity contribution is 0.242. The van der Waals surface area contributed by atoms with Crippen LogP contribution in [0.2, 0.25) is 0 Å². The van der Waals surface area contributed by atoms with E-state index in [4.69, 9.17) is 14.2 Å². The molecule has 0 atom stereocenters. The van der Waals surface area contributed by atoms with Crippen molar-refractivity contribution < 1.29 is 19.3 Å². The zero-order chi connectivity index (χ0) is 21.1. The number of aromatic nitrogens is 2. The van der Waals surface area contributed by atoms with Crippen molar-refractivity contribution >= 4 is 10.9 Å². The average molecular weight is 402 g/mol. The molecule has 4 rings (SSSR count). The maximum absolute atomic E-state index is 10.5. The van der Waals surface area contributed by atoms with Crippen molar-refractivity contribution in [3.8, 4) is 40.3 Å². The average Bonchev–Trinajstić information content (AvgIpc) is 2.75. The van der Waals surface area contributed by atoms with Gasteiger partial charge in [-0.25, -0.2) is 4.98 Å². The fraction of sp³-hybridized carbons (Fsp3) is 0.167. The summed E-state index contributed by atoms with van der Waals surface area (Å²) in [5.41, 5.74) is 1.17. The Labute approximate surface area is 174 Å². The first kappa shape index (κ1) is 19.5. The van der Waals surface area contributed by atoms with E-state index >= 15 is 0 Å². The number of ether oxygens (including phenoxy) is 3. The standard InChI is InChI=1S/C24H22N2O4/c1-15(2)29-16-11-13-17(14-12-16)30-24-18-7-4-5-9-20(18)25-23(26-24)19-8-6-10-21(28-3)22(19)27/h4-15,27H,1-3H3. The largest absolute Gasteiger partial charge is 0.504 e. The second-order valence-electron chi connectivity index (χ2n) is 6.97. The highest BCUT2D eigenvalue weighted by molar-refractivity contribution is 5.86. The van der Waals surface area contributed by atoms with Crippen molar-refractivity contribution in [1.82, 2.24) is 9.97 Å². The van der Waals surface area contributed by atoms with Crippen LogP contribution in [0.15, 0.2) is 66.7 Å². The van der Waals surface area contributed by atoms with Gasteiger partial charge in [0.15, 0.2) is 17.3 Å². The molecule has 0 bridgehead atoms. The van der Waals surface area contributed by atoms with Crippen LogP contribution in [0, 0.1) is 0 Å². The van der Waals surface area contributed by atoms with E-state index in [0.717, 1.165) is 11.1 Å². The van der Waals surface area contributed by atoms with Gasteiger partial charge in [0.25, 0.3) is 0 Å². The SMILES string of the molecule is COc1cccc(-c2nc(Oc3ccc(OC(C)C)cc3)c3ccccc3n2)c1O. The Balaban J connectivity index is 1.76. The van der Waals surface area contributed by atoms with Crippen LogP contribution < -0.4 is 14.2 Å². The molecule has 0 amide bonds. The first-order valence-electron chi connectivity index (χ1n) is 9.63. The fourth-order valence-corrected chi connectivity index (χ4v) is 3.08. The first-order chi connectivity index (χ1) is 14.5. The molecule has 30 heavy (non-hydrogen) atoms. The summed E-state index contributed by atoms with van der Waals surface area (Å²) < 4.78 is 17.0. The van der Waals surface area contributed by atoms with Gasteiger partial charge in [-0.1, -0.05) is 18.2 Å². The normalized spacial score (nSPS) is 10.9. The number of methoxy groups -OCH3 is 1. The summed E-state index contributed by atoms with van der Waals surface area (Å²) in [4.78, 5) is 9.20. The maximum atomic E-state index is 10.5. The van der Waals surface area contributed by atoms with Crippen LogP contribution in [0.1, 0.15) is 13.8 Å². The van der Waals surface area contributed by atoms with E-state index in [9.17, 15) is 5.11 Å². The summed E-state index contributed by atoms with van der Waals surface area (Å²) >= 11 is 0. The molecule has 0 fully saturated rings. The third-order valence-corrected chi connectivity index (χ3v) is 4.44. The highest BCUT2D eigenvalue weighted by Gasteiger charge is 2.16. The molecule has 3 aromatic carbocycles. The topological polar surface area (TPSA) is 73.7 Å². The number of benzene rings is 3. The summed E-state index contributed by atoms with van der Waals surface area (Å²) in [5.74, 6) is 2.47. The Bertz CT molecular complexity index is 1170. The maximum Gasteiger partial charge on any atom is 0.230 e. The highest BCUT2D eigenvalue weighted by atomic mass is 16.5. The van der Waals surface area contributed by atoms with Gasteiger partial charge in [0.1, 0.15) is 11.5 Å². The van der Waals surface area contributed by atoms with Crippen molar-refractivity contribution in [2.24, 2.45) is 0 Å². The van der Waals surface area contributed by atoms with Crippen molar-refractivity contribution in [3.05, 3.63) is 66.7 Å². The zero-order valence-corrected chi connectivity index (χ0v) is 17.0. The smallest absolute Gasteiger partial charge is 0.230 e. The lowest BCUT2D eigenvalue weighted by Crippen LogP contribution is -2.05. The molecule has 1 aromatic heterocycles. The molecule has 0 radical (unpaired) electrons. The molecule has 4 aromatic rings. The third-order valence-electron chi connectivity index (χ3n) is 4.44. The molecular weight excluding hydrogens is 380 g/mol. The predicted molar refractivity (Wildman–Crippen MR) is 115 cm³/mol. The number of hydrogen-bond donors (Lipinski definition) is 1. The third kappa shape index (κ3) is 3.98. The Morgan fingerprint density at radius 1 is 0.833 bits per heavy atom. The summed E-state index contributed by atoms with van der Waals surface area (Å²) in [6.45, 7) is 3.96. The van der Waals surface area contributed by atoms with Crippen molar-refractivity contribution in [2.75, 3.05) is 7.11 Å². The molecule has 0 aliphatic carbocycles. The van der Waals surface area contributed by atoms with Crippen molar-refractivity contribution in [3.63, 3.8) is 0 Å². The first-order valence-corrected chi connectivity index (χ1v) is 9.63. The van der Waals surface area contributed by atoms with Gasteiger partial charge in [-0.15, -0.1) is 0 Å². The Morgan fingerprint density at radius 2 is 1.57 bits per heavy atom. The Hall–Kier alpha value is -3.80. The number of para-hydroxylation sites is 2. The molecule has 0 spiro atoms. The van der Waals surface area contributed by atoms with E-state index in [1.54, 1.807) is 18.2 Å². The summed E-state index contributed by atoms with van der Waals surface area (Å²) in [6.07, 6.45) is 0.0978. The highest BCUT2D eigenvalue weighted by Crippen LogP contribution is 2.37. The number of rotatable bonds is 6. The van der Waals surface area contributed by atoms with Crippen LogP contribution in [0.4, 0.5) is 0 Å². The number of phenolic OH excluding ortho intramolecular Hbond substituents is 1. The molecule has 0 unspecified atom stereocenters. The van der Waals surface area contributed by atoms with Gasteiger partial charge in [-0.3, -0.25) is 0 Å². The fourth-order valence-electron chi connectivity index (χ4n) is 3.08. The molecule has 6 nitrogen and oxygen atoms in total. The molecule has 1 heterocycles. The van der Waals surface area contributed by atoms with Crippen LogP contribution in [0.25, 0.3) is 22.3 Å². The van der Waals surface area contributed by atoms with Crippen LogP contribution in [-0.2, 0) is 0 Å². The second-order valence-corrected chi connectivity index (χ2v) is 6.97. The molecule has 1 N–H and O–H groups in total. The van der Waals surface area contributed by atoms with Crippen LogP contribution in [0.5, 0.6) is 28.9 Å². The number of fused-ring (bicyclic) bond motifs is 1. The monoisotopic (exact) mass is 402 g/mol. The minimum Gasteiger partial charge on any atom is -0.504 e. The van der Waals surface area contributed by atoms with E-state index in [2.05, 4.69) is 9.97 Å². The number of phenols is 1. The molecule has 152 valence electrons. The van der Waals surface area contributed by atoms with Crippen LogP contribution in [-0.4, -0.2) is 28.3 Å². The summed E-state index contributed by atoms with van der Waals surface area (Å²) in [6, 6.07) is 20.1. The predicted octanol–water partition coefficient (Wildman–Crippen LogP) is 5.59. The molecule has 0 saturated heterocycles. The van der Waals surface area contributed by atoms with Gasteiger partial charge in [-0.05, 0) is 62.4 Å². The van der Waals surface area contributed by atoms with Gasteiger partial charge in [0.05, 0.1) is 29.7 Å². The van der Waals surface area contributed by atoms with E-state index in [0.29, 0.717) is 34.3 Å². The quantitative estimate of drug-likeness (QED) is 0.453. The van der Waals surface area contributed by atoms with Gasteiger partial charge in [0, 0.05) is 0 Å². The number of hydrogen-bond acceptors (Lipinski definition) is 6. The second kappa shape index (κ2) is 8.29. The number of aromatic hydroxyl groups is 1. The van der Waals surface area contributed by atoms with Crippen molar-refractivity contribution in [2.45, 2.75) is 20.0 Å². The Kier molecular flexibility index (Phi) is 5.39. The Morgan fingerprint density at radius 3 is 2.30 bits per heavy atom. The summed E-state index contributed by atoms with van der Waals surface area (Å²) in [7, 11) is 1.50. The molecule has 6 heteroatoms. The van der Waals surface area contributed by atoms with Gasteiger partial charge >= 0.3 is 0 Å².